The third-order valence-corrected chi connectivity index (χ3v) is 7.73. The van der Waals surface area contributed by atoms with Crippen LogP contribution < -0.4 is 4.74 Å². The molecule has 0 unspecified atom stereocenters. The van der Waals surface area contributed by atoms with Gasteiger partial charge in [0.15, 0.2) is 0 Å². The van der Waals surface area contributed by atoms with Gasteiger partial charge in [0.2, 0.25) is 0 Å². The number of aromatic nitrogens is 2. The van der Waals surface area contributed by atoms with Crippen LogP contribution in [-0.2, 0) is 6.42 Å². The molecule has 3 aliphatic carbocycles. The van der Waals surface area contributed by atoms with Gasteiger partial charge in [-0.25, -0.2) is 4.98 Å². The van der Waals surface area contributed by atoms with Crippen molar-refractivity contribution >= 4 is 11.0 Å². The monoisotopic (exact) mass is 433 g/mol. The minimum Gasteiger partial charge on any atom is -0.494 e. The Hall–Kier alpha value is -2.37. The molecule has 32 heavy (non-hydrogen) atoms. The molecule has 170 valence electrons. The predicted octanol–water partition coefficient (Wildman–Crippen LogP) is 5.01. The summed E-state index contributed by atoms with van der Waals surface area (Å²) in [5, 5.41) is 11.7. The number of imidazole rings is 1. The van der Waals surface area contributed by atoms with Gasteiger partial charge in [0.1, 0.15) is 17.1 Å². The summed E-state index contributed by atoms with van der Waals surface area (Å²) in [5.74, 6) is 2.63. The third-order valence-electron chi connectivity index (χ3n) is 7.73. The molecule has 0 saturated heterocycles. The Balaban J connectivity index is 1.17. The van der Waals surface area contributed by atoms with Crippen molar-refractivity contribution in [1.29, 1.82) is 0 Å². The number of methoxy groups -OCH3 is 1. The van der Waals surface area contributed by atoms with E-state index in [-0.39, 0.29) is 5.92 Å². The maximum absolute atomic E-state index is 11.7. The highest BCUT2D eigenvalue weighted by Crippen LogP contribution is 2.53. The highest BCUT2D eigenvalue weighted by atomic mass is 16.5. The van der Waals surface area contributed by atoms with Gasteiger partial charge in [-0.1, -0.05) is 36.8 Å². The van der Waals surface area contributed by atoms with E-state index in [1.165, 1.54) is 24.0 Å². The standard InChI is InChI=1S/C27H35N3O2/c1-30(16-7-14-25-28-23-12-6-13-24(32-2)26(23)29-25)17-15-27(31)18-19-8-5-11-22(27)21-10-4-3-9-20(19)21/h3-4,6,9-10,12-13,19,22,31H,5,7-8,11,14-18H2,1-2H3,(H,28,29)/t19-,22-,27+/m0/s1. The number of hydrogen-bond acceptors (Lipinski definition) is 4. The highest BCUT2D eigenvalue weighted by Gasteiger charge is 2.46. The molecule has 2 N–H and O–H groups in total. The highest BCUT2D eigenvalue weighted by molar-refractivity contribution is 5.81. The van der Waals surface area contributed by atoms with E-state index in [9.17, 15) is 5.11 Å². The summed E-state index contributed by atoms with van der Waals surface area (Å²) < 4.78 is 5.42. The van der Waals surface area contributed by atoms with Gasteiger partial charge in [0.25, 0.3) is 0 Å². The first-order chi connectivity index (χ1) is 15.6. The van der Waals surface area contributed by atoms with E-state index in [0.29, 0.717) is 5.92 Å². The molecule has 3 aliphatic rings. The second-order valence-electron chi connectivity index (χ2n) is 9.81. The second kappa shape index (κ2) is 8.87. The Labute approximate surface area is 190 Å². The van der Waals surface area contributed by atoms with E-state index in [1.807, 2.05) is 18.2 Å². The molecule has 2 bridgehead atoms. The molecule has 2 aromatic carbocycles. The van der Waals surface area contributed by atoms with Gasteiger partial charge in [-0.15, -0.1) is 0 Å². The van der Waals surface area contributed by atoms with Gasteiger partial charge >= 0.3 is 0 Å². The molecular formula is C27H35N3O2. The van der Waals surface area contributed by atoms with E-state index >= 15 is 0 Å². The summed E-state index contributed by atoms with van der Waals surface area (Å²) in [7, 11) is 3.86. The molecule has 0 radical (unpaired) electrons. The number of benzene rings is 2. The number of H-pyrrole nitrogens is 1. The van der Waals surface area contributed by atoms with Crippen molar-refractivity contribution in [3.8, 4) is 5.75 Å². The molecule has 1 saturated carbocycles. The number of para-hydroxylation sites is 1. The minimum atomic E-state index is -0.570. The number of nitrogens with one attached hydrogen (secondary N) is 1. The maximum atomic E-state index is 11.7. The topological polar surface area (TPSA) is 61.4 Å². The molecule has 6 rings (SSSR count). The number of ether oxygens (including phenoxy) is 1. The lowest BCUT2D eigenvalue weighted by atomic mass is 9.67. The molecule has 1 fully saturated rings. The number of aromatic amines is 1. The summed E-state index contributed by atoms with van der Waals surface area (Å²) in [5.41, 5.74) is 4.27. The fourth-order valence-corrected chi connectivity index (χ4v) is 6.05. The Morgan fingerprint density at radius 1 is 1.12 bits per heavy atom. The Kier molecular flexibility index (Phi) is 5.95. The lowest BCUT2D eigenvalue weighted by Crippen LogP contribution is -2.43. The van der Waals surface area contributed by atoms with Crippen LogP contribution in [0, 0.1) is 0 Å². The molecular weight excluding hydrogens is 398 g/mol. The van der Waals surface area contributed by atoms with Crippen molar-refractivity contribution in [2.45, 2.75) is 62.4 Å². The number of aryl methyl sites for hydroxylation is 1. The van der Waals surface area contributed by atoms with E-state index in [2.05, 4.69) is 41.2 Å². The maximum Gasteiger partial charge on any atom is 0.146 e. The molecule has 3 atom stereocenters. The van der Waals surface area contributed by atoms with Crippen LogP contribution in [0.5, 0.6) is 5.75 Å². The van der Waals surface area contributed by atoms with E-state index in [0.717, 1.165) is 67.8 Å². The number of nitrogens with zero attached hydrogens (tertiary/aromatic N) is 2. The van der Waals surface area contributed by atoms with Crippen LogP contribution in [0.1, 0.15) is 67.3 Å². The van der Waals surface area contributed by atoms with Crippen LogP contribution in [0.25, 0.3) is 11.0 Å². The Morgan fingerprint density at radius 2 is 1.97 bits per heavy atom. The first-order valence-electron chi connectivity index (χ1n) is 12.1. The van der Waals surface area contributed by atoms with E-state index in [4.69, 9.17) is 9.72 Å². The minimum absolute atomic E-state index is 0.288. The molecule has 5 heteroatoms. The summed E-state index contributed by atoms with van der Waals surface area (Å²) in [6, 6.07) is 14.8. The van der Waals surface area contributed by atoms with Crippen molar-refractivity contribution in [1.82, 2.24) is 14.9 Å². The van der Waals surface area contributed by atoms with E-state index in [1.54, 1.807) is 7.11 Å². The van der Waals surface area contributed by atoms with Crippen molar-refractivity contribution in [2.24, 2.45) is 0 Å². The lowest BCUT2D eigenvalue weighted by Gasteiger charge is -2.43. The molecule has 0 amide bonds. The smallest absolute Gasteiger partial charge is 0.146 e. The van der Waals surface area contributed by atoms with Gasteiger partial charge < -0.3 is 19.7 Å². The molecule has 3 aromatic rings. The predicted molar refractivity (Wildman–Crippen MR) is 128 cm³/mol. The SMILES string of the molecule is COc1cccc2[nH]c(CCCN(C)CC[C@@]3(O)C[C@@H]4CCC[C@H]3c3ccccc34)nc12. The summed E-state index contributed by atoms with van der Waals surface area (Å²) >= 11 is 0. The Bertz CT molecular complexity index is 1080. The average molecular weight is 434 g/mol. The van der Waals surface area contributed by atoms with Crippen LogP contribution >= 0.6 is 0 Å². The first-order valence-corrected chi connectivity index (χ1v) is 12.1. The van der Waals surface area contributed by atoms with Gasteiger partial charge in [-0.05, 0) is 74.9 Å². The summed E-state index contributed by atoms with van der Waals surface area (Å²) in [6.07, 6.45) is 7.27. The molecule has 1 heterocycles. The van der Waals surface area contributed by atoms with Crippen molar-refractivity contribution in [3.05, 3.63) is 59.4 Å². The number of aliphatic hydroxyl groups is 1. The molecule has 1 aromatic heterocycles. The van der Waals surface area contributed by atoms with Crippen LogP contribution in [0.15, 0.2) is 42.5 Å². The number of hydrogen-bond donors (Lipinski definition) is 2. The largest absolute Gasteiger partial charge is 0.494 e. The van der Waals surface area contributed by atoms with E-state index < -0.39 is 5.60 Å². The van der Waals surface area contributed by atoms with Crippen molar-refractivity contribution < 1.29 is 9.84 Å². The van der Waals surface area contributed by atoms with Gasteiger partial charge in [0.05, 0.1) is 18.2 Å². The molecule has 5 nitrogen and oxygen atoms in total. The quantitative estimate of drug-likeness (QED) is 0.524. The van der Waals surface area contributed by atoms with Gasteiger partial charge in [0, 0.05) is 18.9 Å². The number of rotatable bonds is 8. The normalized spacial score (nSPS) is 24.6. The zero-order valence-electron chi connectivity index (χ0n) is 19.3. The van der Waals surface area contributed by atoms with Crippen LogP contribution in [0.3, 0.4) is 0 Å². The Morgan fingerprint density at radius 3 is 2.81 bits per heavy atom. The van der Waals surface area contributed by atoms with Crippen molar-refractivity contribution in [3.63, 3.8) is 0 Å². The lowest BCUT2D eigenvalue weighted by molar-refractivity contribution is -0.0194. The third kappa shape index (κ3) is 4.04. The molecule has 0 aliphatic heterocycles. The van der Waals surface area contributed by atoms with Gasteiger partial charge in [-0.3, -0.25) is 0 Å². The fraction of sp³-hybridized carbons (Fsp3) is 0.519. The van der Waals surface area contributed by atoms with Crippen molar-refractivity contribution in [2.75, 3.05) is 27.2 Å². The average Bonchev–Trinajstić information content (AvgIpc) is 3.03. The first kappa shape index (κ1) is 21.5. The van der Waals surface area contributed by atoms with Crippen LogP contribution in [0.2, 0.25) is 0 Å². The summed E-state index contributed by atoms with van der Waals surface area (Å²) in [6.45, 7) is 1.92. The zero-order chi connectivity index (χ0) is 22.1. The van der Waals surface area contributed by atoms with Crippen LogP contribution in [-0.4, -0.2) is 52.8 Å². The number of fused-ring (bicyclic) bond motifs is 4. The van der Waals surface area contributed by atoms with Crippen LogP contribution in [0.4, 0.5) is 0 Å². The van der Waals surface area contributed by atoms with Gasteiger partial charge in [-0.2, -0.15) is 0 Å². The fourth-order valence-electron chi connectivity index (χ4n) is 6.05. The second-order valence-corrected chi connectivity index (χ2v) is 9.81. The zero-order valence-corrected chi connectivity index (χ0v) is 19.3. The summed E-state index contributed by atoms with van der Waals surface area (Å²) in [4.78, 5) is 10.5. The molecule has 0 spiro atoms.